The van der Waals surface area contributed by atoms with Crippen LogP contribution in [0.15, 0.2) is 79.1 Å². The van der Waals surface area contributed by atoms with Gasteiger partial charge in [0.25, 0.3) is 0 Å². The fourth-order valence-electron chi connectivity index (χ4n) is 4.82. The zero-order valence-electron chi connectivity index (χ0n) is 17.8. The molecule has 0 bridgehead atoms. The average Bonchev–Trinajstić information content (AvgIpc) is 3.37. The topological polar surface area (TPSA) is 83.9 Å². The van der Waals surface area contributed by atoms with E-state index >= 15 is 0 Å². The Morgan fingerprint density at radius 3 is 2.33 bits per heavy atom. The van der Waals surface area contributed by atoms with E-state index in [0.29, 0.717) is 33.4 Å². The van der Waals surface area contributed by atoms with Gasteiger partial charge in [0.05, 0.1) is 21.9 Å². The molecule has 0 unspecified atom stereocenters. The van der Waals surface area contributed by atoms with Gasteiger partial charge in [-0.1, -0.05) is 42.5 Å². The second-order valence-electron chi connectivity index (χ2n) is 8.46. The van der Waals surface area contributed by atoms with E-state index in [1.54, 1.807) is 24.3 Å². The highest BCUT2D eigenvalue weighted by Gasteiger charge is 2.26. The molecule has 0 amide bonds. The normalized spacial score (nSPS) is 14.0. The van der Waals surface area contributed by atoms with Gasteiger partial charge < -0.3 is 18.8 Å². The van der Waals surface area contributed by atoms with Crippen LogP contribution >= 0.6 is 0 Å². The second-order valence-corrected chi connectivity index (χ2v) is 8.46. The number of hydrogen-bond donors (Lipinski definition) is 1. The van der Waals surface area contributed by atoms with Crippen molar-refractivity contribution in [1.82, 2.24) is 0 Å². The van der Waals surface area contributed by atoms with Gasteiger partial charge in [-0.05, 0) is 41.8 Å². The maximum atomic E-state index is 13.9. The van der Waals surface area contributed by atoms with Crippen LogP contribution in [0.1, 0.15) is 24.0 Å². The van der Waals surface area contributed by atoms with Gasteiger partial charge in [0.15, 0.2) is 5.43 Å². The number of nitrogens with zero attached hydrogens (tertiary/aromatic N) is 1. The molecule has 3 aromatic carbocycles. The Bertz CT molecular complexity index is 1660. The van der Waals surface area contributed by atoms with E-state index in [-0.39, 0.29) is 23.2 Å². The Labute approximate surface area is 188 Å². The number of benzene rings is 3. The number of aromatic hydroxyl groups is 1. The van der Waals surface area contributed by atoms with Crippen LogP contribution in [-0.2, 0) is 6.42 Å². The number of anilines is 1. The Hall–Kier alpha value is -4.06. The van der Waals surface area contributed by atoms with Crippen molar-refractivity contribution in [3.05, 3.63) is 92.4 Å². The van der Waals surface area contributed by atoms with Crippen molar-refractivity contribution in [2.75, 3.05) is 18.0 Å². The summed E-state index contributed by atoms with van der Waals surface area (Å²) in [6, 6.07) is 18.2. The smallest absolute Gasteiger partial charge is 0.343 e. The van der Waals surface area contributed by atoms with E-state index < -0.39 is 5.63 Å². The summed E-state index contributed by atoms with van der Waals surface area (Å²) in [6.45, 7) is 1.54. The van der Waals surface area contributed by atoms with Gasteiger partial charge in [-0.15, -0.1) is 0 Å². The quantitative estimate of drug-likeness (QED) is 0.316. The van der Waals surface area contributed by atoms with Crippen LogP contribution < -0.4 is 16.0 Å². The summed E-state index contributed by atoms with van der Waals surface area (Å²) >= 11 is 0. The third kappa shape index (κ3) is 3.09. The van der Waals surface area contributed by atoms with Gasteiger partial charge in [0, 0.05) is 19.5 Å². The Kier molecular flexibility index (Phi) is 4.47. The first-order chi connectivity index (χ1) is 16.1. The van der Waals surface area contributed by atoms with Crippen molar-refractivity contribution >= 4 is 38.6 Å². The van der Waals surface area contributed by atoms with E-state index in [9.17, 15) is 14.7 Å². The maximum Gasteiger partial charge on any atom is 0.343 e. The van der Waals surface area contributed by atoms with E-state index in [0.717, 1.165) is 36.7 Å². The molecule has 1 saturated heterocycles. The first-order valence-corrected chi connectivity index (χ1v) is 11.1. The number of rotatable bonds is 3. The van der Waals surface area contributed by atoms with Gasteiger partial charge in [-0.25, -0.2) is 4.79 Å². The van der Waals surface area contributed by atoms with E-state index in [2.05, 4.69) is 0 Å². The van der Waals surface area contributed by atoms with Crippen molar-refractivity contribution in [3.8, 4) is 5.75 Å². The van der Waals surface area contributed by atoms with Crippen LogP contribution in [0, 0.1) is 0 Å². The van der Waals surface area contributed by atoms with Gasteiger partial charge in [-0.3, -0.25) is 4.79 Å². The number of fused-ring (bicyclic) bond motifs is 4. The van der Waals surface area contributed by atoms with Crippen molar-refractivity contribution in [2.45, 2.75) is 19.3 Å². The molecule has 1 N–H and O–H groups in total. The minimum Gasteiger partial charge on any atom is -0.507 e. The summed E-state index contributed by atoms with van der Waals surface area (Å²) in [5.74, 6) is 0.305. The molecule has 33 heavy (non-hydrogen) atoms. The fraction of sp³-hybridized carbons (Fsp3) is 0.185. The SMILES string of the molecule is O=c1oc2ccccc2c(O)c1Cc1c(N2CCCC2)oc2ccc3ccccc3c2c1=O. The van der Waals surface area contributed by atoms with E-state index in [1.165, 1.54) is 0 Å². The Morgan fingerprint density at radius 1 is 0.788 bits per heavy atom. The van der Waals surface area contributed by atoms with Crippen molar-refractivity contribution in [3.63, 3.8) is 0 Å². The number of para-hydroxylation sites is 1. The molecule has 0 radical (unpaired) electrons. The highest BCUT2D eigenvalue weighted by atomic mass is 16.4. The van der Waals surface area contributed by atoms with Crippen LogP contribution in [-0.4, -0.2) is 18.2 Å². The van der Waals surface area contributed by atoms with Crippen LogP contribution in [0.2, 0.25) is 0 Å². The van der Waals surface area contributed by atoms with Gasteiger partial charge in [0.2, 0.25) is 5.88 Å². The highest BCUT2D eigenvalue weighted by molar-refractivity contribution is 6.05. The lowest BCUT2D eigenvalue weighted by atomic mass is 9.99. The Morgan fingerprint density at radius 2 is 1.52 bits per heavy atom. The summed E-state index contributed by atoms with van der Waals surface area (Å²) in [7, 11) is 0. The predicted octanol–water partition coefficient (Wildman–Crippen LogP) is 4.95. The second kappa shape index (κ2) is 7.52. The first-order valence-electron chi connectivity index (χ1n) is 11.1. The van der Waals surface area contributed by atoms with E-state index in [1.807, 2.05) is 41.3 Å². The molecule has 0 spiro atoms. The van der Waals surface area contributed by atoms with Crippen LogP contribution in [0.4, 0.5) is 5.88 Å². The molecule has 0 atom stereocenters. The fourth-order valence-corrected chi connectivity index (χ4v) is 4.82. The summed E-state index contributed by atoms with van der Waals surface area (Å²) in [5.41, 5.74) is 0.386. The molecule has 6 rings (SSSR count). The molecule has 1 fully saturated rings. The summed E-state index contributed by atoms with van der Waals surface area (Å²) < 4.78 is 11.8. The van der Waals surface area contributed by atoms with Crippen molar-refractivity contribution in [1.29, 1.82) is 0 Å². The zero-order valence-corrected chi connectivity index (χ0v) is 17.8. The molecule has 0 aliphatic carbocycles. The molecule has 6 nitrogen and oxygen atoms in total. The molecule has 2 aromatic heterocycles. The lowest BCUT2D eigenvalue weighted by Crippen LogP contribution is -2.24. The molecule has 1 aliphatic rings. The lowest BCUT2D eigenvalue weighted by molar-refractivity contribution is 0.458. The zero-order chi connectivity index (χ0) is 22.5. The molecule has 3 heterocycles. The summed E-state index contributed by atoms with van der Waals surface area (Å²) in [4.78, 5) is 28.8. The summed E-state index contributed by atoms with van der Waals surface area (Å²) in [5, 5.41) is 13.6. The monoisotopic (exact) mass is 439 g/mol. The molecule has 5 aromatic rings. The first kappa shape index (κ1) is 19.6. The largest absolute Gasteiger partial charge is 0.507 e. The van der Waals surface area contributed by atoms with Crippen molar-refractivity contribution in [2.24, 2.45) is 0 Å². The standard InChI is InChI=1S/C27H21NO5/c29-24-18-9-3-4-10-21(18)33-27(31)20(24)15-19-25(30)23-17-8-2-1-7-16(17)11-12-22(23)32-26(19)28-13-5-6-14-28/h1-4,7-12,29H,5-6,13-15H2. The molecule has 0 saturated carbocycles. The minimum atomic E-state index is -0.656. The molecule has 1 aliphatic heterocycles. The predicted molar refractivity (Wildman–Crippen MR) is 128 cm³/mol. The molecule has 164 valence electrons. The van der Waals surface area contributed by atoms with Gasteiger partial charge in [0.1, 0.15) is 16.9 Å². The highest BCUT2D eigenvalue weighted by Crippen LogP contribution is 2.33. The Balaban J connectivity index is 1.64. The third-order valence-electron chi connectivity index (χ3n) is 6.48. The molecular weight excluding hydrogens is 418 g/mol. The number of hydrogen-bond acceptors (Lipinski definition) is 6. The van der Waals surface area contributed by atoms with Gasteiger partial charge >= 0.3 is 5.63 Å². The lowest BCUT2D eigenvalue weighted by Gasteiger charge is -2.20. The van der Waals surface area contributed by atoms with Crippen LogP contribution in [0.5, 0.6) is 5.75 Å². The van der Waals surface area contributed by atoms with Crippen LogP contribution in [0.3, 0.4) is 0 Å². The minimum absolute atomic E-state index is 0.0565. The van der Waals surface area contributed by atoms with Crippen LogP contribution in [0.25, 0.3) is 32.7 Å². The summed E-state index contributed by atoms with van der Waals surface area (Å²) in [6.07, 6.45) is 1.93. The van der Waals surface area contributed by atoms with Crippen molar-refractivity contribution < 1.29 is 13.9 Å². The average molecular weight is 439 g/mol. The molecule has 6 heteroatoms. The molecular formula is C27H21NO5. The van der Waals surface area contributed by atoms with Gasteiger partial charge in [-0.2, -0.15) is 0 Å². The maximum absolute atomic E-state index is 13.9. The third-order valence-corrected chi connectivity index (χ3v) is 6.48. The van der Waals surface area contributed by atoms with E-state index in [4.69, 9.17) is 8.83 Å².